The zero-order chi connectivity index (χ0) is 17.8. The van der Waals surface area contributed by atoms with E-state index in [9.17, 15) is 14.9 Å². The SMILES string of the molecule is O=C(Nc1cccc(-c2ccc(CO)o2)c1)c1cccc([N+](=O)[O-])c1. The van der Waals surface area contributed by atoms with E-state index < -0.39 is 10.8 Å². The van der Waals surface area contributed by atoms with Crippen molar-refractivity contribution in [2.75, 3.05) is 5.32 Å². The van der Waals surface area contributed by atoms with Crippen LogP contribution in [0.3, 0.4) is 0 Å². The molecule has 0 radical (unpaired) electrons. The van der Waals surface area contributed by atoms with E-state index in [1.54, 1.807) is 30.3 Å². The first kappa shape index (κ1) is 16.4. The molecule has 0 fully saturated rings. The van der Waals surface area contributed by atoms with Crippen molar-refractivity contribution in [3.8, 4) is 11.3 Å². The Hall–Kier alpha value is -3.45. The van der Waals surface area contributed by atoms with Crippen LogP contribution in [-0.2, 0) is 6.61 Å². The third-order valence-electron chi connectivity index (χ3n) is 3.54. The van der Waals surface area contributed by atoms with Gasteiger partial charge in [-0.2, -0.15) is 0 Å². The molecule has 2 N–H and O–H groups in total. The average Bonchev–Trinajstić information content (AvgIpc) is 3.11. The number of carbonyl (C=O) groups excluding carboxylic acids is 1. The number of aliphatic hydroxyl groups is 1. The zero-order valence-corrected chi connectivity index (χ0v) is 13.0. The number of nitrogens with zero attached hydrogens (tertiary/aromatic N) is 1. The molecule has 0 bridgehead atoms. The normalized spacial score (nSPS) is 10.4. The summed E-state index contributed by atoms with van der Waals surface area (Å²) >= 11 is 0. The Morgan fingerprint density at radius 3 is 2.64 bits per heavy atom. The highest BCUT2D eigenvalue weighted by Gasteiger charge is 2.12. The highest BCUT2D eigenvalue weighted by atomic mass is 16.6. The molecule has 0 saturated carbocycles. The summed E-state index contributed by atoms with van der Waals surface area (Å²) < 4.78 is 5.47. The Morgan fingerprint density at radius 1 is 1.12 bits per heavy atom. The molecule has 7 heteroatoms. The largest absolute Gasteiger partial charge is 0.459 e. The monoisotopic (exact) mass is 338 g/mol. The van der Waals surface area contributed by atoms with Gasteiger partial charge in [-0.15, -0.1) is 0 Å². The van der Waals surface area contributed by atoms with Crippen molar-refractivity contribution >= 4 is 17.3 Å². The van der Waals surface area contributed by atoms with Crippen LogP contribution in [0.1, 0.15) is 16.1 Å². The van der Waals surface area contributed by atoms with Gasteiger partial charge in [0, 0.05) is 28.9 Å². The molecule has 7 nitrogen and oxygen atoms in total. The summed E-state index contributed by atoms with van der Waals surface area (Å²) in [6, 6.07) is 15.9. The lowest BCUT2D eigenvalue weighted by molar-refractivity contribution is -0.384. The van der Waals surface area contributed by atoms with Crippen LogP contribution in [-0.4, -0.2) is 15.9 Å². The first-order chi connectivity index (χ1) is 12.1. The zero-order valence-electron chi connectivity index (χ0n) is 13.0. The minimum absolute atomic E-state index is 0.145. The highest BCUT2D eigenvalue weighted by molar-refractivity contribution is 6.04. The van der Waals surface area contributed by atoms with Crippen LogP contribution in [0.15, 0.2) is 65.1 Å². The summed E-state index contributed by atoms with van der Waals surface area (Å²) in [6.07, 6.45) is 0. The first-order valence-electron chi connectivity index (χ1n) is 7.42. The number of amides is 1. The third kappa shape index (κ3) is 3.73. The molecule has 0 aliphatic heterocycles. The number of rotatable bonds is 5. The molecule has 1 aromatic heterocycles. The fraction of sp³-hybridized carbons (Fsp3) is 0.0556. The molecule has 0 aliphatic rings. The van der Waals surface area contributed by atoms with Crippen molar-refractivity contribution < 1.29 is 19.2 Å². The molecule has 0 saturated heterocycles. The summed E-state index contributed by atoms with van der Waals surface area (Å²) in [7, 11) is 0. The number of carbonyl (C=O) groups is 1. The van der Waals surface area contributed by atoms with Crippen LogP contribution in [0.4, 0.5) is 11.4 Å². The minimum atomic E-state index is -0.549. The lowest BCUT2D eigenvalue weighted by Crippen LogP contribution is -2.12. The molecule has 3 aromatic rings. The van der Waals surface area contributed by atoms with Crippen LogP contribution >= 0.6 is 0 Å². The number of non-ortho nitro benzene ring substituents is 1. The molecule has 2 aromatic carbocycles. The van der Waals surface area contributed by atoms with Gasteiger partial charge >= 0.3 is 0 Å². The van der Waals surface area contributed by atoms with Crippen LogP contribution < -0.4 is 5.32 Å². The number of anilines is 1. The molecule has 126 valence electrons. The molecule has 0 aliphatic carbocycles. The van der Waals surface area contributed by atoms with E-state index in [4.69, 9.17) is 9.52 Å². The van der Waals surface area contributed by atoms with Gasteiger partial charge in [0.05, 0.1) is 4.92 Å². The van der Waals surface area contributed by atoms with Crippen molar-refractivity contribution in [3.05, 3.63) is 82.1 Å². The Kier molecular flexibility index (Phi) is 4.58. The number of hydrogen-bond acceptors (Lipinski definition) is 5. The van der Waals surface area contributed by atoms with Gasteiger partial charge in [0.25, 0.3) is 11.6 Å². The smallest absolute Gasteiger partial charge is 0.270 e. The molecular formula is C18H14N2O5. The number of nitro groups is 1. The van der Waals surface area contributed by atoms with Gasteiger partial charge in [-0.1, -0.05) is 18.2 Å². The number of nitrogens with one attached hydrogen (secondary N) is 1. The van der Waals surface area contributed by atoms with Gasteiger partial charge in [-0.05, 0) is 30.3 Å². The molecule has 0 spiro atoms. The summed E-state index contributed by atoms with van der Waals surface area (Å²) in [4.78, 5) is 22.6. The van der Waals surface area contributed by atoms with E-state index in [1.807, 2.05) is 6.07 Å². The van der Waals surface area contributed by atoms with E-state index >= 15 is 0 Å². The quantitative estimate of drug-likeness (QED) is 0.546. The van der Waals surface area contributed by atoms with Crippen LogP contribution in [0.5, 0.6) is 0 Å². The van der Waals surface area contributed by atoms with Crippen molar-refractivity contribution in [2.24, 2.45) is 0 Å². The first-order valence-corrected chi connectivity index (χ1v) is 7.42. The van der Waals surface area contributed by atoms with E-state index in [-0.39, 0.29) is 17.9 Å². The number of nitro benzene ring substituents is 1. The van der Waals surface area contributed by atoms with Gasteiger partial charge in [0.15, 0.2) is 0 Å². The van der Waals surface area contributed by atoms with Gasteiger partial charge in [-0.3, -0.25) is 14.9 Å². The second-order valence-electron chi connectivity index (χ2n) is 5.27. The van der Waals surface area contributed by atoms with Crippen LogP contribution in [0.25, 0.3) is 11.3 Å². The summed E-state index contributed by atoms with van der Waals surface area (Å²) in [5.74, 6) is 0.563. The minimum Gasteiger partial charge on any atom is -0.459 e. The predicted octanol–water partition coefficient (Wildman–Crippen LogP) is 3.60. The maximum atomic E-state index is 12.3. The Morgan fingerprint density at radius 2 is 1.92 bits per heavy atom. The lowest BCUT2D eigenvalue weighted by Gasteiger charge is -2.07. The third-order valence-corrected chi connectivity index (χ3v) is 3.54. The van der Waals surface area contributed by atoms with Crippen LogP contribution in [0, 0.1) is 10.1 Å². The standard InChI is InChI=1S/C18H14N2O5/c21-11-16-7-8-17(25-16)12-3-1-5-14(9-12)19-18(22)13-4-2-6-15(10-13)20(23)24/h1-10,21H,11H2,(H,19,22). The van der Waals surface area contributed by atoms with Gasteiger partial charge in [-0.25, -0.2) is 0 Å². The summed E-state index contributed by atoms with van der Waals surface area (Å²) in [5.41, 5.74) is 1.31. The Labute approximate surface area is 142 Å². The summed E-state index contributed by atoms with van der Waals surface area (Å²) in [6.45, 7) is -0.191. The average molecular weight is 338 g/mol. The number of aliphatic hydroxyl groups excluding tert-OH is 1. The Bertz CT molecular complexity index is 932. The molecule has 3 rings (SSSR count). The molecular weight excluding hydrogens is 324 g/mol. The van der Waals surface area contributed by atoms with Crippen molar-refractivity contribution in [1.82, 2.24) is 0 Å². The topological polar surface area (TPSA) is 106 Å². The van der Waals surface area contributed by atoms with Crippen molar-refractivity contribution in [3.63, 3.8) is 0 Å². The van der Waals surface area contributed by atoms with E-state index in [0.29, 0.717) is 17.2 Å². The van der Waals surface area contributed by atoms with E-state index in [0.717, 1.165) is 5.56 Å². The predicted molar refractivity (Wildman–Crippen MR) is 91.1 cm³/mol. The van der Waals surface area contributed by atoms with Crippen LogP contribution in [0.2, 0.25) is 0 Å². The number of hydrogen-bond donors (Lipinski definition) is 2. The van der Waals surface area contributed by atoms with Crippen molar-refractivity contribution in [2.45, 2.75) is 6.61 Å². The fourth-order valence-corrected chi connectivity index (χ4v) is 2.33. The maximum Gasteiger partial charge on any atom is 0.270 e. The van der Waals surface area contributed by atoms with Crippen molar-refractivity contribution in [1.29, 1.82) is 0 Å². The molecule has 1 amide bonds. The summed E-state index contributed by atoms with van der Waals surface area (Å²) in [5, 5.41) is 22.6. The highest BCUT2D eigenvalue weighted by Crippen LogP contribution is 2.25. The Balaban J connectivity index is 1.81. The molecule has 1 heterocycles. The molecule has 25 heavy (non-hydrogen) atoms. The van der Waals surface area contributed by atoms with Gasteiger partial charge in [0.2, 0.25) is 0 Å². The van der Waals surface area contributed by atoms with Gasteiger partial charge in [0.1, 0.15) is 18.1 Å². The second kappa shape index (κ2) is 6.98. The lowest BCUT2D eigenvalue weighted by atomic mass is 10.1. The number of furan rings is 1. The fourth-order valence-electron chi connectivity index (χ4n) is 2.33. The number of benzene rings is 2. The second-order valence-corrected chi connectivity index (χ2v) is 5.27. The van der Waals surface area contributed by atoms with E-state index in [1.165, 1.54) is 24.3 Å². The maximum absolute atomic E-state index is 12.3. The molecule has 0 unspecified atom stereocenters. The molecule has 0 atom stereocenters. The van der Waals surface area contributed by atoms with E-state index in [2.05, 4.69) is 5.32 Å². The van der Waals surface area contributed by atoms with Gasteiger partial charge < -0.3 is 14.8 Å².